The Morgan fingerprint density at radius 3 is 1.79 bits per heavy atom. The fraction of sp³-hybridized carbons (Fsp3) is 0.188. The number of rotatable bonds is 2. The molecule has 96 valence electrons. The maximum atomic E-state index is 11.7. The number of hydrogen-bond donors (Lipinski definition) is 1. The standard InChI is InChI=1S/C16H14O3/c17-14-15(18)19-11-16(14,12-7-3-1-4-8-12)13-9-5-2-6-10-13/h1-10,14,17H,11H2. The van der Waals surface area contributed by atoms with Crippen LogP contribution >= 0.6 is 0 Å². The first-order valence-corrected chi connectivity index (χ1v) is 6.21. The quantitative estimate of drug-likeness (QED) is 0.832. The summed E-state index contributed by atoms with van der Waals surface area (Å²) in [4.78, 5) is 11.7. The van der Waals surface area contributed by atoms with Gasteiger partial charge >= 0.3 is 5.97 Å². The maximum Gasteiger partial charge on any atom is 0.336 e. The van der Waals surface area contributed by atoms with Crippen molar-refractivity contribution in [3.8, 4) is 0 Å². The summed E-state index contributed by atoms with van der Waals surface area (Å²) in [5.41, 5.74) is 0.971. The number of cyclic esters (lactones) is 1. The molecule has 1 heterocycles. The van der Waals surface area contributed by atoms with E-state index in [0.29, 0.717) is 0 Å². The predicted octanol–water partition coefficient (Wildman–Crippen LogP) is 1.89. The van der Waals surface area contributed by atoms with E-state index < -0.39 is 17.5 Å². The van der Waals surface area contributed by atoms with Crippen molar-refractivity contribution in [2.45, 2.75) is 11.5 Å². The molecule has 0 saturated carbocycles. The van der Waals surface area contributed by atoms with Crippen molar-refractivity contribution in [2.75, 3.05) is 6.61 Å². The Balaban J connectivity index is 2.20. The molecule has 1 fully saturated rings. The van der Waals surface area contributed by atoms with Crippen LogP contribution in [0.25, 0.3) is 0 Å². The van der Waals surface area contributed by atoms with Crippen molar-refractivity contribution in [2.24, 2.45) is 0 Å². The van der Waals surface area contributed by atoms with Crippen LogP contribution in [0.5, 0.6) is 0 Å². The van der Waals surface area contributed by atoms with Gasteiger partial charge in [0.05, 0.1) is 5.41 Å². The molecule has 19 heavy (non-hydrogen) atoms. The van der Waals surface area contributed by atoms with Crippen molar-refractivity contribution < 1.29 is 14.6 Å². The van der Waals surface area contributed by atoms with Crippen LogP contribution < -0.4 is 0 Å². The van der Waals surface area contributed by atoms with Gasteiger partial charge in [0.25, 0.3) is 0 Å². The molecule has 3 heteroatoms. The second-order valence-electron chi connectivity index (χ2n) is 4.71. The van der Waals surface area contributed by atoms with E-state index in [2.05, 4.69) is 0 Å². The van der Waals surface area contributed by atoms with E-state index >= 15 is 0 Å². The van der Waals surface area contributed by atoms with Gasteiger partial charge in [0, 0.05) is 0 Å². The molecule has 2 aromatic carbocycles. The average Bonchev–Trinajstić information content (AvgIpc) is 2.78. The van der Waals surface area contributed by atoms with Crippen molar-refractivity contribution >= 4 is 5.97 Å². The number of esters is 1. The van der Waals surface area contributed by atoms with Crippen LogP contribution in [0.3, 0.4) is 0 Å². The zero-order valence-corrected chi connectivity index (χ0v) is 10.3. The van der Waals surface area contributed by atoms with Crippen LogP contribution in [0.2, 0.25) is 0 Å². The summed E-state index contributed by atoms with van der Waals surface area (Å²) >= 11 is 0. The molecule has 1 N–H and O–H groups in total. The second-order valence-corrected chi connectivity index (χ2v) is 4.71. The molecule has 0 bridgehead atoms. The fourth-order valence-electron chi connectivity index (χ4n) is 2.66. The first-order chi connectivity index (χ1) is 9.25. The minimum Gasteiger partial charge on any atom is -0.462 e. The molecule has 3 nitrogen and oxygen atoms in total. The molecule has 1 aliphatic rings. The minimum atomic E-state index is -1.17. The SMILES string of the molecule is O=C1OCC(c2ccccc2)(c2ccccc2)C1O. The molecule has 1 atom stereocenters. The second kappa shape index (κ2) is 4.52. The molecular weight excluding hydrogens is 240 g/mol. The van der Waals surface area contributed by atoms with Crippen LogP contribution in [-0.4, -0.2) is 23.8 Å². The van der Waals surface area contributed by atoms with E-state index in [9.17, 15) is 9.90 Å². The largest absolute Gasteiger partial charge is 0.462 e. The van der Waals surface area contributed by atoms with E-state index in [1.807, 2.05) is 60.7 Å². The van der Waals surface area contributed by atoms with E-state index in [1.165, 1.54) is 0 Å². The van der Waals surface area contributed by atoms with Crippen molar-refractivity contribution in [3.05, 3.63) is 71.8 Å². The molecule has 1 aliphatic heterocycles. The lowest BCUT2D eigenvalue weighted by Gasteiger charge is -2.30. The van der Waals surface area contributed by atoms with Gasteiger partial charge in [0.1, 0.15) is 6.61 Å². The van der Waals surface area contributed by atoms with Crippen LogP contribution in [0.15, 0.2) is 60.7 Å². The lowest BCUT2D eigenvalue weighted by molar-refractivity contribution is -0.144. The number of carbonyl (C=O) groups is 1. The van der Waals surface area contributed by atoms with Gasteiger partial charge in [-0.3, -0.25) is 0 Å². The molecule has 2 aromatic rings. The van der Waals surface area contributed by atoms with E-state index in [1.54, 1.807) is 0 Å². The number of ether oxygens (including phenoxy) is 1. The smallest absolute Gasteiger partial charge is 0.336 e. The Hall–Kier alpha value is -2.13. The summed E-state index contributed by atoms with van der Waals surface area (Å²) in [6, 6.07) is 19.1. The summed E-state index contributed by atoms with van der Waals surface area (Å²) in [5.74, 6) is -0.562. The third-order valence-corrected chi connectivity index (χ3v) is 3.71. The van der Waals surface area contributed by atoms with E-state index in [-0.39, 0.29) is 6.61 Å². The normalized spacial score (nSPS) is 21.1. The van der Waals surface area contributed by atoms with E-state index in [0.717, 1.165) is 11.1 Å². The Morgan fingerprint density at radius 1 is 0.947 bits per heavy atom. The van der Waals surface area contributed by atoms with Crippen LogP contribution in [0.4, 0.5) is 0 Å². The summed E-state index contributed by atoms with van der Waals surface area (Å²) in [6.07, 6.45) is -1.17. The minimum absolute atomic E-state index is 0.168. The highest BCUT2D eigenvalue weighted by Gasteiger charge is 2.52. The average molecular weight is 254 g/mol. The predicted molar refractivity (Wildman–Crippen MR) is 70.6 cm³/mol. The molecule has 0 amide bonds. The van der Waals surface area contributed by atoms with Gasteiger partial charge in [-0.25, -0.2) is 4.79 Å². The van der Waals surface area contributed by atoms with Crippen molar-refractivity contribution in [3.63, 3.8) is 0 Å². The molecular formula is C16H14O3. The van der Waals surface area contributed by atoms with Gasteiger partial charge < -0.3 is 9.84 Å². The Labute approximate surface area is 111 Å². The number of aliphatic hydroxyl groups excluding tert-OH is 1. The van der Waals surface area contributed by atoms with Gasteiger partial charge in [-0.05, 0) is 11.1 Å². The molecule has 0 radical (unpaired) electrons. The monoisotopic (exact) mass is 254 g/mol. The number of aliphatic hydroxyl groups is 1. The maximum absolute atomic E-state index is 11.7. The number of carbonyl (C=O) groups excluding carboxylic acids is 1. The van der Waals surface area contributed by atoms with Gasteiger partial charge in [0.2, 0.25) is 0 Å². The molecule has 1 unspecified atom stereocenters. The van der Waals surface area contributed by atoms with Crippen LogP contribution in [0.1, 0.15) is 11.1 Å². The van der Waals surface area contributed by atoms with Crippen LogP contribution in [0, 0.1) is 0 Å². The highest BCUT2D eigenvalue weighted by atomic mass is 16.6. The van der Waals surface area contributed by atoms with Crippen molar-refractivity contribution in [1.29, 1.82) is 0 Å². The molecule has 3 rings (SSSR count). The lowest BCUT2D eigenvalue weighted by atomic mass is 9.72. The van der Waals surface area contributed by atoms with E-state index in [4.69, 9.17) is 4.74 Å². The number of hydrogen-bond acceptors (Lipinski definition) is 3. The molecule has 0 aromatic heterocycles. The zero-order valence-electron chi connectivity index (χ0n) is 10.3. The molecule has 0 spiro atoms. The number of benzene rings is 2. The Morgan fingerprint density at radius 2 is 1.42 bits per heavy atom. The first-order valence-electron chi connectivity index (χ1n) is 6.21. The summed E-state index contributed by atoms with van der Waals surface area (Å²) < 4.78 is 5.10. The van der Waals surface area contributed by atoms with Gasteiger partial charge in [-0.1, -0.05) is 60.7 Å². The molecule has 1 saturated heterocycles. The molecule has 0 aliphatic carbocycles. The zero-order chi connectivity index (χ0) is 13.3. The third-order valence-electron chi connectivity index (χ3n) is 3.71. The highest BCUT2D eigenvalue weighted by Crippen LogP contribution is 2.40. The first kappa shape index (κ1) is 11.9. The van der Waals surface area contributed by atoms with Crippen LogP contribution in [-0.2, 0) is 14.9 Å². The van der Waals surface area contributed by atoms with Gasteiger partial charge in [-0.15, -0.1) is 0 Å². The van der Waals surface area contributed by atoms with Gasteiger partial charge in [0.15, 0.2) is 6.10 Å². The topological polar surface area (TPSA) is 46.5 Å². The fourth-order valence-corrected chi connectivity index (χ4v) is 2.66. The summed E-state index contributed by atoms with van der Waals surface area (Å²) in [5, 5.41) is 10.3. The van der Waals surface area contributed by atoms with Gasteiger partial charge in [-0.2, -0.15) is 0 Å². The third kappa shape index (κ3) is 1.74. The summed E-state index contributed by atoms with van der Waals surface area (Å²) in [7, 11) is 0. The van der Waals surface area contributed by atoms with Crippen molar-refractivity contribution in [1.82, 2.24) is 0 Å². The Kier molecular flexibility index (Phi) is 2.84. The summed E-state index contributed by atoms with van der Waals surface area (Å²) in [6.45, 7) is 0.168. The lowest BCUT2D eigenvalue weighted by Crippen LogP contribution is -2.41. The Bertz CT molecular complexity index is 538. The highest BCUT2D eigenvalue weighted by molar-refractivity contribution is 5.81.